The van der Waals surface area contributed by atoms with Crippen LogP contribution in [0, 0.1) is 0 Å². The molecule has 2 aromatic rings. The lowest BCUT2D eigenvalue weighted by Crippen LogP contribution is -2.08. The van der Waals surface area contributed by atoms with Crippen LogP contribution in [0.15, 0.2) is 35.8 Å². The van der Waals surface area contributed by atoms with Gasteiger partial charge in [-0.1, -0.05) is 41.7 Å². The van der Waals surface area contributed by atoms with E-state index in [4.69, 9.17) is 0 Å². The van der Waals surface area contributed by atoms with Crippen LogP contribution >= 0.6 is 11.3 Å². The fourth-order valence-corrected chi connectivity index (χ4v) is 1.78. The summed E-state index contributed by atoms with van der Waals surface area (Å²) >= 11 is 1.43. The number of hydrogen-bond donors (Lipinski definition) is 1. The van der Waals surface area contributed by atoms with Crippen LogP contribution in [-0.2, 0) is 0 Å². The van der Waals surface area contributed by atoms with Gasteiger partial charge in [-0.25, -0.2) is 0 Å². The number of nitrogens with one attached hydrogen (secondary N) is 1. The number of Topliss-reactive ketones (excluding diaryl/α,β-unsaturated/α-hetero) is 1. The van der Waals surface area contributed by atoms with Gasteiger partial charge < -0.3 is 5.32 Å². The van der Waals surface area contributed by atoms with Crippen molar-refractivity contribution in [2.75, 3.05) is 11.9 Å². The van der Waals surface area contributed by atoms with Gasteiger partial charge in [0.05, 0.1) is 0 Å². The van der Waals surface area contributed by atoms with E-state index in [9.17, 15) is 4.79 Å². The number of benzene rings is 1. The standard InChI is InChI=1S/C11H11N3OS/c15-10(9-4-2-1-3-5-9)6-7-12-11-14-13-8-16-11/h1-5,8H,6-7H2,(H,12,14). The van der Waals surface area contributed by atoms with Crippen molar-refractivity contribution < 1.29 is 4.79 Å². The van der Waals surface area contributed by atoms with E-state index >= 15 is 0 Å². The van der Waals surface area contributed by atoms with Crippen molar-refractivity contribution in [2.45, 2.75) is 6.42 Å². The van der Waals surface area contributed by atoms with E-state index in [1.165, 1.54) is 11.3 Å². The van der Waals surface area contributed by atoms with Crippen molar-refractivity contribution in [1.82, 2.24) is 10.2 Å². The molecule has 0 aliphatic heterocycles. The minimum atomic E-state index is 0.137. The van der Waals surface area contributed by atoms with Gasteiger partial charge in [0.15, 0.2) is 5.78 Å². The maximum Gasteiger partial charge on any atom is 0.205 e. The first-order valence-corrected chi connectivity index (χ1v) is 5.82. The molecule has 0 aliphatic carbocycles. The molecule has 5 heteroatoms. The van der Waals surface area contributed by atoms with Crippen LogP contribution < -0.4 is 5.32 Å². The molecular weight excluding hydrogens is 222 g/mol. The summed E-state index contributed by atoms with van der Waals surface area (Å²) in [5.74, 6) is 0.137. The number of ketones is 1. The highest BCUT2D eigenvalue weighted by Gasteiger charge is 2.04. The topological polar surface area (TPSA) is 54.9 Å². The normalized spacial score (nSPS) is 10.0. The molecule has 0 atom stereocenters. The molecule has 1 heterocycles. The van der Waals surface area contributed by atoms with Gasteiger partial charge in [0.1, 0.15) is 5.51 Å². The first-order chi connectivity index (χ1) is 7.86. The van der Waals surface area contributed by atoms with Gasteiger partial charge >= 0.3 is 0 Å². The van der Waals surface area contributed by atoms with Gasteiger partial charge in [-0.2, -0.15) is 0 Å². The van der Waals surface area contributed by atoms with Crippen LogP contribution in [0.4, 0.5) is 5.13 Å². The Bertz CT molecular complexity index is 442. The number of rotatable bonds is 5. The van der Waals surface area contributed by atoms with E-state index in [0.29, 0.717) is 13.0 Å². The Balaban J connectivity index is 1.81. The van der Waals surface area contributed by atoms with E-state index in [1.54, 1.807) is 5.51 Å². The summed E-state index contributed by atoms with van der Waals surface area (Å²) in [4.78, 5) is 11.7. The predicted octanol–water partition coefficient (Wildman–Crippen LogP) is 2.22. The van der Waals surface area contributed by atoms with Gasteiger partial charge in [-0.15, -0.1) is 10.2 Å². The Kier molecular flexibility index (Phi) is 3.61. The average Bonchev–Trinajstić information content (AvgIpc) is 2.83. The van der Waals surface area contributed by atoms with E-state index < -0.39 is 0 Å². The van der Waals surface area contributed by atoms with Gasteiger partial charge in [0, 0.05) is 18.5 Å². The highest BCUT2D eigenvalue weighted by atomic mass is 32.1. The summed E-state index contributed by atoms with van der Waals surface area (Å²) in [6.45, 7) is 0.586. The molecular formula is C11H11N3OS. The Morgan fingerprint density at radius 2 is 2.12 bits per heavy atom. The lowest BCUT2D eigenvalue weighted by molar-refractivity contribution is 0.0986. The second-order valence-electron chi connectivity index (χ2n) is 3.21. The van der Waals surface area contributed by atoms with E-state index in [1.807, 2.05) is 30.3 Å². The third-order valence-corrected chi connectivity index (χ3v) is 2.73. The van der Waals surface area contributed by atoms with Gasteiger partial charge in [-0.3, -0.25) is 4.79 Å². The maximum atomic E-state index is 11.7. The van der Waals surface area contributed by atoms with Crippen LogP contribution in [0.5, 0.6) is 0 Å². The summed E-state index contributed by atoms with van der Waals surface area (Å²) in [6, 6.07) is 9.29. The Morgan fingerprint density at radius 1 is 1.31 bits per heavy atom. The monoisotopic (exact) mass is 233 g/mol. The molecule has 0 saturated carbocycles. The maximum absolute atomic E-state index is 11.7. The molecule has 0 bridgehead atoms. The second kappa shape index (κ2) is 5.37. The van der Waals surface area contributed by atoms with Gasteiger partial charge in [0.2, 0.25) is 5.13 Å². The molecule has 1 N–H and O–H groups in total. The summed E-state index contributed by atoms with van der Waals surface area (Å²) < 4.78 is 0. The number of carbonyl (C=O) groups is 1. The molecule has 0 radical (unpaired) electrons. The molecule has 0 fully saturated rings. The SMILES string of the molecule is O=C(CCNc1nncs1)c1ccccc1. The smallest absolute Gasteiger partial charge is 0.205 e. The van der Waals surface area contributed by atoms with Crippen LogP contribution in [-0.4, -0.2) is 22.5 Å². The van der Waals surface area contributed by atoms with Crippen molar-refractivity contribution >= 4 is 22.3 Å². The number of anilines is 1. The number of aromatic nitrogens is 2. The zero-order valence-electron chi connectivity index (χ0n) is 8.59. The van der Waals surface area contributed by atoms with Gasteiger partial charge in [0.25, 0.3) is 0 Å². The quantitative estimate of drug-likeness (QED) is 0.804. The largest absolute Gasteiger partial charge is 0.360 e. The molecule has 0 unspecified atom stereocenters. The van der Waals surface area contributed by atoms with E-state index in [0.717, 1.165) is 10.7 Å². The third-order valence-electron chi connectivity index (χ3n) is 2.08. The third kappa shape index (κ3) is 2.87. The lowest BCUT2D eigenvalue weighted by atomic mass is 10.1. The van der Waals surface area contributed by atoms with Crippen molar-refractivity contribution in [3.05, 3.63) is 41.4 Å². The molecule has 2 rings (SSSR count). The molecule has 1 aromatic heterocycles. The van der Waals surface area contributed by atoms with Crippen LogP contribution in [0.25, 0.3) is 0 Å². The van der Waals surface area contributed by atoms with Crippen molar-refractivity contribution in [2.24, 2.45) is 0 Å². The highest BCUT2D eigenvalue weighted by molar-refractivity contribution is 7.13. The van der Waals surface area contributed by atoms with Gasteiger partial charge in [-0.05, 0) is 0 Å². The Hall–Kier alpha value is -1.75. The van der Waals surface area contributed by atoms with Crippen LogP contribution in [0.2, 0.25) is 0 Å². The lowest BCUT2D eigenvalue weighted by Gasteiger charge is -2.01. The molecule has 0 spiro atoms. The Labute approximate surface area is 97.3 Å². The number of carbonyl (C=O) groups excluding carboxylic acids is 1. The van der Waals surface area contributed by atoms with Crippen LogP contribution in [0.1, 0.15) is 16.8 Å². The zero-order chi connectivity index (χ0) is 11.2. The molecule has 0 aliphatic rings. The van der Waals surface area contributed by atoms with Crippen molar-refractivity contribution in [3.63, 3.8) is 0 Å². The Morgan fingerprint density at radius 3 is 2.81 bits per heavy atom. The summed E-state index contributed by atoms with van der Waals surface area (Å²) in [5.41, 5.74) is 2.41. The first kappa shape index (κ1) is 10.8. The van der Waals surface area contributed by atoms with E-state index in [-0.39, 0.29) is 5.78 Å². The summed E-state index contributed by atoms with van der Waals surface area (Å²) in [5, 5.41) is 11.3. The van der Waals surface area contributed by atoms with Crippen molar-refractivity contribution in [3.8, 4) is 0 Å². The average molecular weight is 233 g/mol. The fourth-order valence-electron chi connectivity index (χ4n) is 1.30. The van der Waals surface area contributed by atoms with Crippen LogP contribution in [0.3, 0.4) is 0 Å². The fraction of sp³-hybridized carbons (Fsp3) is 0.182. The second-order valence-corrected chi connectivity index (χ2v) is 4.04. The van der Waals surface area contributed by atoms with Crippen molar-refractivity contribution in [1.29, 1.82) is 0 Å². The number of nitrogens with zero attached hydrogens (tertiary/aromatic N) is 2. The first-order valence-electron chi connectivity index (χ1n) is 4.94. The predicted molar refractivity (Wildman–Crippen MR) is 63.8 cm³/mol. The minimum absolute atomic E-state index is 0.137. The zero-order valence-corrected chi connectivity index (χ0v) is 9.41. The molecule has 82 valence electrons. The molecule has 0 amide bonds. The molecule has 4 nitrogen and oxygen atoms in total. The summed E-state index contributed by atoms with van der Waals surface area (Å²) in [7, 11) is 0. The summed E-state index contributed by atoms with van der Waals surface area (Å²) in [6.07, 6.45) is 0.462. The minimum Gasteiger partial charge on any atom is -0.360 e. The molecule has 0 saturated heterocycles. The highest BCUT2D eigenvalue weighted by Crippen LogP contribution is 2.08. The molecule has 1 aromatic carbocycles. The van der Waals surface area contributed by atoms with E-state index in [2.05, 4.69) is 15.5 Å². The number of hydrogen-bond acceptors (Lipinski definition) is 5. The molecule has 16 heavy (non-hydrogen) atoms.